The predicted octanol–water partition coefficient (Wildman–Crippen LogP) is 2.88. The summed E-state index contributed by atoms with van der Waals surface area (Å²) in [4.78, 5) is 12.3. The van der Waals surface area contributed by atoms with Crippen LogP contribution in [0.2, 0.25) is 0 Å². The fourth-order valence-corrected chi connectivity index (χ4v) is 3.12. The van der Waals surface area contributed by atoms with E-state index in [1.54, 1.807) is 31.4 Å². The summed E-state index contributed by atoms with van der Waals surface area (Å²) in [6.07, 6.45) is 0. The van der Waals surface area contributed by atoms with Gasteiger partial charge in [-0.15, -0.1) is 0 Å². The summed E-state index contributed by atoms with van der Waals surface area (Å²) in [6.45, 7) is 0. The van der Waals surface area contributed by atoms with Crippen molar-refractivity contribution in [2.24, 2.45) is 7.92 Å². The van der Waals surface area contributed by atoms with E-state index in [1.807, 2.05) is 12.1 Å². The first-order valence-electron chi connectivity index (χ1n) is 6.15. The molecule has 3 rings (SSSR count). The van der Waals surface area contributed by atoms with E-state index in [9.17, 15) is 4.79 Å². The van der Waals surface area contributed by atoms with Gasteiger partial charge >= 0.3 is 127 Å². The number of benzene rings is 2. The van der Waals surface area contributed by atoms with Gasteiger partial charge in [-0.2, -0.15) is 0 Å². The molecule has 0 fully saturated rings. The summed E-state index contributed by atoms with van der Waals surface area (Å²) in [6, 6.07) is 10.5. The van der Waals surface area contributed by atoms with Gasteiger partial charge in [0.15, 0.2) is 0 Å². The number of rotatable bonds is 3. The van der Waals surface area contributed by atoms with E-state index in [-0.39, 0.29) is 20.5 Å². The Labute approximate surface area is 127 Å². The van der Waals surface area contributed by atoms with Crippen molar-refractivity contribution in [1.29, 1.82) is 0 Å². The summed E-state index contributed by atoms with van der Waals surface area (Å²) < 4.78 is 13.7. The number of nitrogens with one attached hydrogen (secondary N) is 1. The molecule has 1 aliphatic heterocycles. The van der Waals surface area contributed by atoms with Gasteiger partial charge in [0.1, 0.15) is 0 Å². The second-order valence-corrected chi connectivity index (χ2v) is 5.45. The summed E-state index contributed by atoms with van der Waals surface area (Å²) in [5, 5.41) is 2.83. The molecule has 1 heterocycles. The normalized spacial score (nSPS) is 11.7. The van der Waals surface area contributed by atoms with Crippen molar-refractivity contribution < 1.29 is 9.53 Å². The van der Waals surface area contributed by atoms with Gasteiger partial charge in [0.25, 0.3) is 0 Å². The van der Waals surface area contributed by atoms with Crippen LogP contribution in [0.15, 0.2) is 44.3 Å². The average Bonchev–Trinajstić information content (AvgIpc) is 2.96. The van der Waals surface area contributed by atoms with Gasteiger partial charge in [0.2, 0.25) is 0 Å². The number of amides is 1. The number of carbonyl (C=O) groups is 1. The van der Waals surface area contributed by atoms with Crippen molar-refractivity contribution in [3.8, 4) is 5.75 Å². The van der Waals surface area contributed by atoms with Crippen molar-refractivity contribution in [2.75, 3.05) is 18.2 Å². The molecule has 0 saturated carbocycles. The SMILES string of the molecule is COc1ccc(C(=O)Nc2cccc3c2N=[Se]=N3)c(N)c1. The third-order valence-electron chi connectivity index (χ3n) is 3.04. The van der Waals surface area contributed by atoms with E-state index in [1.165, 1.54) is 0 Å². The number of carbonyl (C=O) groups excluding carboxylic acids is 1. The van der Waals surface area contributed by atoms with E-state index in [2.05, 4.69) is 13.2 Å². The van der Waals surface area contributed by atoms with Crippen molar-refractivity contribution in [3.63, 3.8) is 0 Å². The number of anilines is 2. The molecule has 0 spiro atoms. The zero-order valence-corrected chi connectivity index (χ0v) is 12.9. The van der Waals surface area contributed by atoms with E-state index in [0.717, 1.165) is 11.4 Å². The molecule has 3 N–H and O–H groups in total. The zero-order chi connectivity index (χ0) is 14.8. The first-order chi connectivity index (χ1) is 10.2. The summed E-state index contributed by atoms with van der Waals surface area (Å²) >= 11 is -0.137. The Bertz CT molecular complexity index is 798. The van der Waals surface area contributed by atoms with Crippen LogP contribution in [0.4, 0.5) is 22.7 Å². The second kappa shape index (κ2) is 5.55. The van der Waals surface area contributed by atoms with Crippen LogP contribution in [-0.4, -0.2) is 27.6 Å². The maximum absolute atomic E-state index is 12.3. The number of methoxy groups -OCH3 is 1. The minimum atomic E-state index is -0.279. The number of nitrogen functional groups attached to an aromatic ring is 1. The molecule has 2 aromatic carbocycles. The summed E-state index contributed by atoms with van der Waals surface area (Å²) in [5.41, 5.74) is 8.85. The Morgan fingerprint density at radius 2 is 2.14 bits per heavy atom. The van der Waals surface area contributed by atoms with Crippen LogP contribution in [0.5, 0.6) is 5.75 Å². The molecule has 0 aliphatic carbocycles. The van der Waals surface area contributed by atoms with Crippen molar-refractivity contribution in [1.82, 2.24) is 0 Å². The Kier molecular flexibility index (Phi) is 3.60. The van der Waals surface area contributed by atoms with E-state index in [0.29, 0.717) is 22.7 Å². The van der Waals surface area contributed by atoms with Crippen molar-refractivity contribution in [3.05, 3.63) is 42.0 Å². The third-order valence-corrected chi connectivity index (χ3v) is 4.18. The number of hydrogen-bond acceptors (Lipinski definition) is 5. The zero-order valence-electron chi connectivity index (χ0n) is 11.2. The molecular weight excluding hydrogens is 335 g/mol. The summed E-state index contributed by atoms with van der Waals surface area (Å²) in [7, 11) is 1.55. The van der Waals surface area contributed by atoms with Crippen LogP contribution in [0.1, 0.15) is 10.4 Å². The molecule has 6 nitrogen and oxygen atoms in total. The van der Waals surface area contributed by atoms with Gasteiger partial charge in [0, 0.05) is 0 Å². The Balaban J connectivity index is 1.88. The molecule has 0 atom stereocenters. The fourth-order valence-electron chi connectivity index (χ4n) is 1.97. The van der Waals surface area contributed by atoms with Crippen LogP contribution >= 0.6 is 0 Å². The van der Waals surface area contributed by atoms with Gasteiger partial charge in [-0.25, -0.2) is 0 Å². The molecule has 0 saturated heterocycles. The Morgan fingerprint density at radius 1 is 1.29 bits per heavy atom. The number of fused-ring (bicyclic) bond motifs is 1. The monoisotopic (exact) mass is 348 g/mol. The second-order valence-electron chi connectivity index (χ2n) is 4.34. The molecule has 0 radical (unpaired) electrons. The molecule has 0 unspecified atom stereocenters. The predicted molar refractivity (Wildman–Crippen MR) is 81.7 cm³/mol. The van der Waals surface area contributed by atoms with Gasteiger partial charge < -0.3 is 0 Å². The van der Waals surface area contributed by atoms with Gasteiger partial charge in [0.05, 0.1) is 0 Å². The van der Waals surface area contributed by atoms with Crippen LogP contribution < -0.4 is 15.8 Å². The molecular formula is C14H12N4O2Se. The fraction of sp³-hybridized carbons (Fsp3) is 0.0714. The van der Waals surface area contributed by atoms with E-state index >= 15 is 0 Å². The van der Waals surface area contributed by atoms with Crippen LogP contribution in [0.25, 0.3) is 0 Å². The van der Waals surface area contributed by atoms with Gasteiger partial charge in [-0.05, 0) is 0 Å². The first-order valence-corrected chi connectivity index (χ1v) is 7.68. The third kappa shape index (κ3) is 2.61. The number of ether oxygens (including phenoxy) is 1. The summed E-state index contributed by atoms with van der Waals surface area (Å²) in [5.74, 6) is 0.333. The molecule has 21 heavy (non-hydrogen) atoms. The number of nitrogens with two attached hydrogens (primary N) is 1. The minimum absolute atomic E-state index is 0.137. The quantitative estimate of drug-likeness (QED) is 0.564. The maximum atomic E-state index is 12.3. The average molecular weight is 347 g/mol. The van der Waals surface area contributed by atoms with Crippen LogP contribution in [-0.2, 0) is 0 Å². The van der Waals surface area contributed by atoms with Gasteiger partial charge in [-0.3, -0.25) is 0 Å². The molecule has 7 heteroatoms. The molecule has 0 aromatic heterocycles. The molecule has 1 amide bonds. The standard InChI is InChI=1S/C14H12N4O2Se/c1-20-8-5-6-9(10(15)7-8)14(19)16-11-3-2-4-12-13(11)18-21-17-12/h2-7H,15H2,1H3,(H,16,19). The molecule has 0 bridgehead atoms. The van der Waals surface area contributed by atoms with Crippen molar-refractivity contribution >= 4 is 43.2 Å². The Morgan fingerprint density at radius 3 is 2.90 bits per heavy atom. The van der Waals surface area contributed by atoms with Crippen molar-refractivity contribution in [2.45, 2.75) is 0 Å². The molecule has 106 valence electrons. The molecule has 1 aliphatic rings. The molecule has 2 aromatic rings. The van der Waals surface area contributed by atoms with Crippen LogP contribution in [0.3, 0.4) is 0 Å². The van der Waals surface area contributed by atoms with Crippen LogP contribution in [0, 0.1) is 0 Å². The van der Waals surface area contributed by atoms with E-state index in [4.69, 9.17) is 10.5 Å². The van der Waals surface area contributed by atoms with E-state index < -0.39 is 0 Å². The number of nitrogens with zero attached hydrogens (tertiary/aromatic N) is 2. The topological polar surface area (TPSA) is 89.1 Å². The van der Waals surface area contributed by atoms with Gasteiger partial charge in [-0.1, -0.05) is 0 Å². The Hall–Kier alpha value is -2.37. The number of hydrogen-bond donors (Lipinski definition) is 2. The first kappa shape index (κ1) is 13.6.